The van der Waals surface area contributed by atoms with E-state index < -0.39 is 0 Å². The van der Waals surface area contributed by atoms with E-state index in [1.165, 1.54) is 30.5 Å². The highest BCUT2D eigenvalue weighted by Gasteiger charge is 2.17. The molecular formula is C19H24ClFN2O. The lowest BCUT2D eigenvalue weighted by Gasteiger charge is -2.31. The van der Waals surface area contributed by atoms with Crippen molar-refractivity contribution in [2.75, 3.05) is 20.1 Å². The van der Waals surface area contributed by atoms with Gasteiger partial charge >= 0.3 is 0 Å². The topological polar surface area (TPSA) is 24.5 Å². The van der Waals surface area contributed by atoms with Crippen LogP contribution in [-0.2, 0) is 6.54 Å². The Labute approximate surface area is 149 Å². The van der Waals surface area contributed by atoms with Crippen molar-refractivity contribution in [3.63, 3.8) is 0 Å². The zero-order valence-electron chi connectivity index (χ0n) is 13.9. The molecule has 2 aromatic rings. The largest absolute Gasteiger partial charge is 0.457 e. The molecule has 0 unspecified atom stereocenters. The normalized spacial score (nSPS) is 15.8. The van der Waals surface area contributed by atoms with E-state index in [1.54, 1.807) is 12.1 Å². The first-order valence-corrected chi connectivity index (χ1v) is 8.15. The summed E-state index contributed by atoms with van der Waals surface area (Å²) in [5.74, 6) is 0.962. The van der Waals surface area contributed by atoms with Crippen LogP contribution in [0.4, 0.5) is 4.39 Å². The van der Waals surface area contributed by atoms with E-state index in [0.29, 0.717) is 11.8 Å². The second-order valence-corrected chi connectivity index (χ2v) is 6.04. The lowest BCUT2D eigenvalue weighted by molar-refractivity contribution is 0.194. The minimum absolute atomic E-state index is 0. The van der Waals surface area contributed by atoms with Crippen molar-refractivity contribution in [2.45, 2.75) is 25.4 Å². The summed E-state index contributed by atoms with van der Waals surface area (Å²) in [6.07, 6.45) is 2.41. The lowest BCUT2D eigenvalue weighted by Crippen LogP contribution is -2.40. The third-order valence-corrected chi connectivity index (χ3v) is 4.36. The number of nitrogens with zero attached hydrogens (tertiary/aromatic N) is 1. The van der Waals surface area contributed by atoms with Gasteiger partial charge in [-0.05, 0) is 62.8 Å². The van der Waals surface area contributed by atoms with Crippen LogP contribution in [0, 0.1) is 5.82 Å². The molecule has 0 saturated carbocycles. The van der Waals surface area contributed by atoms with Crippen LogP contribution in [0.15, 0.2) is 48.5 Å². The van der Waals surface area contributed by atoms with E-state index in [-0.39, 0.29) is 18.2 Å². The van der Waals surface area contributed by atoms with Crippen LogP contribution in [0.2, 0.25) is 0 Å². The minimum Gasteiger partial charge on any atom is -0.457 e. The second kappa shape index (κ2) is 9.02. The van der Waals surface area contributed by atoms with Crippen LogP contribution in [0.5, 0.6) is 11.5 Å². The van der Waals surface area contributed by atoms with Gasteiger partial charge in [-0.2, -0.15) is 0 Å². The molecule has 0 radical (unpaired) electrons. The van der Waals surface area contributed by atoms with Crippen molar-refractivity contribution in [2.24, 2.45) is 0 Å². The zero-order chi connectivity index (χ0) is 16.1. The van der Waals surface area contributed by atoms with Crippen molar-refractivity contribution in [1.82, 2.24) is 10.2 Å². The fraction of sp³-hybridized carbons (Fsp3) is 0.368. The molecule has 3 nitrogen and oxygen atoms in total. The zero-order valence-corrected chi connectivity index (χ0v) is 14.7. The fourth-order valence-corrected chi connectivity index (χ4v) is 2.97. The number of hydrogen-bond donors (Lipinski definition) is 1. The Morgan fingerprint density at radius 2 is 1.79 bits per heavy atom. The highest BCUT2D eigenvalue weighted by atomic mass is 35.5. The molecule has 0 bridgehead atoms. The van der Waals surface area contributed by atoms with Gasteiger partial charge in [0, 0.05) is 18.7 Å². The van der Waals surface area contributed by atoms with E-state index in [0.717, 1.165) is 25.4 Å². The van der Waals surface area contributed by atoms with Crippen molar-refractivity contribution in [3.8, 4) is 11.5 Å². The summed E-state index contributed by atoms with van der Waals surface area (Å²) < 4.78 is 18.8. The van der Waals surface area contributed by atoms with Gasteiger partial charge in [0.2, 0.25) is 0 Å². The number of piperidine rings is 1. The standard InChI is InChI=1S/C19H23FN2O.ClH/c1-21-17-9-11-22(12-10-17)14-15-5-7-18(8-6-15)23-19-4-2-3-16(20)13-19;/h2-8,13,17,21H,9-12,14H2,1H3;1H. The molecule has 0 aromatic heterocycles. The van der Waals surface area contributed by atoms with Gasteiger partial charge in [-0.15, -0.1) is 12.4 Å². The van der Waals surface area contributed by atoms with E-state index in [2.05, 4.69) is 22.3 Å². The predicted octanol–water partition coefficient (Wildman–Crippen LogP) is 4.22. The molecule has 3 rings (SSSR count). The quantitative estimate of drug-likeness (QED) is 0.873. The summed E-state index contributed by atoms with van der Waals surface area (Å²) in [5, 5.41) is 3.35. The molecule has 0 spiro atoms. The second-order valence-electron chi connectivity index (χ2n) is 6.04. The first-order chi connectivity index (χ1) is 11.2. The number of likely N-dealkylation sites (tertiary alicyclic amines) is 1. The average molecular weight is 351 g/mol. The number of halogens is 2. The third-order valence-electron chi connectivity index (χ3n) is 4.36. The molecule has 1 saturated heterocycles. The van der Waals surface area contributed by atoms with Gasteiger partial charge in [-0.3, -0.25) is 4.90 Å². The Morgan fingerprint density at radius 3 is 2.42 bits per heavy atom. The lowest BCUT2D eigenvalue weighted by atomic mass is 10.0. The van der Waals surface area contributed by atoms with Crippen molar-refractivity contribution < 1.29 is 9.13 Å². The summed E-state index contributed by atoms with van der Waals surface area (Å²) in [6, 6.07) is 14.9. The number of rotatable bonds is 5. The van der Waals surface area contributed by atoms with Gasteiger partial charge in [0.25, 0.3) is 0 Å². The molecule has 24 heavy (non-hydrogen) atoms. The molecule has 1 aliphatic rings. The molecule has 0 atom stereocenters. The summed E-state index contributed by atoms with van der Waals surface area (Å²) in [7, 11) is 2.04. The van der Waals surface area contributed by atoms with E-state index in [4.69, 9.17) is 4.74 Å². The molecule has 2 aromatic carbocycles. The Balaban J connectivity index is 0.00000208. The molecule has 1 fully saturated rings. The Kier molecular flexibility index (Phi) is 7.03. The molecule has 1 heterocycles. The first-order valence-electron chi connectivity index (χ1n) is 8.15. The summed E-state index contributed by atoms with van der Waals surface area (Å²) in [5.41, 5.74) is 1.28. The smallest absolute Gasteiger partial charge is 0.130 e. The van der Waals surface area contributed by atoms with Gasteiger partial charge in [0.1, 0.15) is 17.3 Å². The third kappa shape index (κ3) is 5.20. The van der Waals surface area contributed by atoms with Gasteiger partial charge in [-0.25, -0.2) is 4.39 Å². The Bertz CT molecular complexity index is 628. The SMILES string of the molecule is CNC1CCN(Cc2ccc(Oc3cccc(F)c3)cc2)CC1.Cl. The summed E-state index contributed by atoms with van der Waals surface area (Å²) in [6.45, 7) is 3.23. The maximum absolute atomic E-state index is 13.2. The van der Waals surface area contributed by atoms with Crippen molar-refractivity contribution in [1.29, 1.82) is 0 Å². The van der Waals surface area contributed by atoms with Crippen molar-refractivity contribution in [3.05, 3.63) is 59.9 Å². The molecule has 5 heteroatoms. The number of nitrogens with one attached hydrogen (secondary N) is 1. The predicted molar refractivity (Wildman–Crippen MR) is 97.5 cm³/mol. The van der Waals surface area contributed by atoms with E-state index in [1.807, 2.05) is 19.2 Å². The Hall–Kier alpha value is -1.62. The summed E-state index contributed by atoms with van der Waals surface area (Å²) >= 11 is 0. The number of benzene rings is 2. The van der Waals surface area contributed by atoms with E-state index >= 15 is 0 Å². The van der Waals surface area contributed by atoms with Gasteiger partial charge in [0.05, 0.1) is 0 Å². The molecule has 0 aliphatic carbocycles. The van der Waals surface area contributed by atoms with Gasteiger partial charge in [0.15, 0.2) is 0 Å². The minimum atomic E-state index is -0.288. The Morgan fingerprint density at radius 1 is 1.08 bits per heavy atom. The van der Waals surface area contributed by atoms with Crippen molar-refractivity contribution >= 4 is 12.4 Å². The molecule has 130 valence electrons. The highest BCUT2D eigenvalue weighted by molar-refractivity contribution is 5.85. The van der Waals surface area contributed by atoms with Gasteiger partial charge < -0.3 is 10.1 Å². The van der Waals surface area contributed by atoms with Crippen LogP contribution in [0.25, 0.3) is 0 Å². The first kappa shape index (κ1) is 18.7. The van der Waals surface area contributed by atoms with Crippen LogP contribution in [0.1, 0.15) is 18.4 Å². The fourth-order valence-electron chi connectivity index (χ4n) is 2.97. The van der Waals surface area contributed by atoms with Crippen LogP contribution in [-0.4, -0.2) is 31.1 Å². The molecule has 0 amide bonds. The number of hydrogen-bond acceptors (Lipinski definition) is 3. The molecule has 1 N–H and O–H groups in total. The monoisotopic (exact) mass is 350 g/mol. The molecular weight excluding hydrogens is 327 g/mol. The summed E-state index contributed by atoms with van der Waals surface area (Å²) in [4.78, 5) is 2.48. The highest BCUT2D eigenvalue weighted by Crippen LogP contribution is 2.23. The average Bonchev–Trinajstić information content (AvgIpc) is 2.57. The molecule has 1 aliphatic heterocycles. The van der Waals surface area contributed by atoms with Gasteiger partial charge in [-0.1, -0.05) is 18.2 Å². The maximum atomic E-state index is 13.2. The number of ether oxygens (including phenoxy) is 1. The van der Waals surface area contributed by atoms with Crippen LogP contribution < -0.4 is 10.1 Å². The van der Waals surface area contributed by atoms with Crippen LogP contribution in [0.3, 0.4) is 0 Å². The van der Waals surface area contributed by atoms with E-state index in [9.17, 15) is 4.39 Å². The van der Waals surface area contributed by atoms with Crippen LogP contribution >= 0.6 is 12.4 Å². The maximum Gasteiger partial charge on any atom is 0.130 e.